The van der Waals surface area contributed by atoms with Crippen LogP contribution in [0.15, 0.2) is 67.3 Å². The fourth-order valence-electron chi connectivity index (χ4n) is 5.05. The highest BCUT2D eigenvalue weighted by Gasteiger charge is 2.48. The Morgan fingerprint density at radius 1 is 1.23 bits per heavy atom. The normalized spacial score (nSPS) is 26.0. The van der Waals surface area contributed by atoms with Gasteiger partial charge in [0.2, 0.25) is 0 Å². The van der Waals surface area contributed by atoms with Crippen LogP contribution in [0.2, 0.25) is 0 Å². The molecule has 2 aliphatic rings. The molecule has 5 heteroatoms. The van der Waals surface area contributed by atoms with Gasteiger partial charge in [0, 0.05) is 46.2 Å². The monoisotopic (exact) mass is 425 g/mol. The average molecular weight is 426 g/mol. The van der Waals surface area contributed by atoms with Gasteiger partial charge in [-0.05, 0) is 29.9 Å². The maximum atomic E-state index is 13.0. The fourth-order valence-corrected chi connectivity index (χ4v) is 5.05. The molecule has 5 nitrogen and oxygen atoms in total. The SMILES string of the molecule is C=C/C=C(\C=C)CN1C[C@@H](C(=O)OCc2ccccc2)C[C@@H]2CC(OC)(OC)CC[C@H]21. The van der Waals surface area contributed by atoms with E-state index in [1.807, 2.05) is 42.5 Å². The van der Waals surface area contributed by atoms with E-state index in [2.05, 4.69) is 18.1 Å². The Morgan fingerprint density at radius 3 is 2.61 bits per heavy atom. The second-order valence-electron chi connectivity index (χ2n) is 8.53. The van der Waals surface area contributed by atoms with E-state index >= 15 is 0 Å². The molecular formula is C26H35NO4. The number of hydrogen-bond acceptors (Lipinski definition) is 5. The van der Waals surface area contributed by atoms with Gasteiger partial charge in [0.05, 0.1) is 5.92 Å². The van der Waals surface area contributed by atoms with Crippen molar-refractivity contribution in [2.24, 2.45) is 11.8 Å². The molecule has 3 atom stereocenters. The van der Waals surface area contributed by atoms with Gasteiger partial charge in [0.15, 0.2) is 5.79 Å². The van der Waals surface area contributed by atoms with Gasteiger partial charge in [-0.1, -0.05) is 61.7 Å². The Balaban J connectivity index is 1.75. The largest absolute Gasteiger partial charge is 0.461 e. The number of allylic oxidation sites excluding steroid dienone is 2. The second-order valence-corrected chi connectivity index (χ2v) is 8.53. The molecule has 0 spiro atoms. The summed E-state index contributed by atoms with van der Waals surface area (Å²) in [7, 11) is 3.41. The maximum absolute atomic E-state index is 13.0. The first kappa shape index (κ1) is 23.5. The average Bonchev–Trinajstić information content (AvgIpc) is 2.82. The smallest absolute Gasteiger partial charge is 0.310 e. The first-order valence-corrected chi connectivity index (χ1v) is 11.0. The van der Waals surface area contributed by atoms with Crippen molar-refractivity contribution in [3.8, 4) is 0 Å². The number of methoxy groups -OCH3 is 2. The number of carbonyl (C=O) groups is 1. The van der Waals surface area contributed by atoms with Gasteiger partial charge in [0.1, 0.15) is 6.61 Å². The molecule has 0 radical (unpaired) electrons. The van der Waals surface area contributed by atoms with E-state index < -0.39 is 5.79 Å². The number of nitrogens with zero attached hydrogens (tertiary/aromatic N) is 1. The third kappa shape index (κ3) is 5.73. The molecule has 1 saturated carbocycles. The second kappa shape index (κ2) is 10.9. The Kier molecular flexibility index (Phi) is 8.24. The van der Waals surface area contributed by atoms with Crippen molar-refractivity contribution in [2.75, 3.05) is 27.3 Å². The minimum absolute atomic E-state index is 0.133. The van der Waals surface area contributed by atoms with Crippen LogP contribution in [0.1, 0.15) is 31.2 Å². The molecule has 0 N–H and O–H groups in total. The summed E-state index contributed by atoms with van der Waals surface area (Å²) in [5.74, 6) is -0.581. The predicted molar refractivity (Wildman–Crippen MR) is 122 cm³/mol. The van der Waals surface area contributed by atoms with Crippen molar-refractivity contribution >= 4 is 5.97 Å². The van der Waals surface area contributed by atoms with Gasteiger partial charge in [-0.25, -0.2) is 0 Å². The standard InChI is InChI=1S/C26H35NO4/c1-5-10-20(6-2)17-27-18-23(25(28)31-19-21-11-8-7-9-12-21)15-22-16-26(29-3,30-4)14-13-24(22)27/h5-12,22-24H,1-2,13-19H2,3-4H3/b20-10+/t22-,23+,24-/m1/s1. The van der Waals surface area contributed by atoms with Gasteiger partial charge in [0.25, 0.3) is 0 Å². The van der Waals surface area contributed by atoms with Crippen molar-refractivity contribution in [1.82, 2.24) is 4.90 Å². The quantitative estimate of drug-likeness (QED) is 0.331. The molecule has 168 valence electrons. The van der Waals surface area contributed by atoms with Gasteiger partial charge < -0.3 is 14.2 Å². The van der Waals surface area contributed by atoms with Crippen molar-refractivity contribution in [3.05, 3.63) is 72.9 Å². The van der Waals surface area contributed by atoms with Crippen LogP contribution >= 0.6 is 0 Å². The van der Waals surface area contributed by atoms with E-state index in [1.54, 1.807) is 20.3 Å². The van der Waals surface area contributed by atoms with Crippen LogP contribution < -0.4 is 0 Å². The molecule has 1 saturated heterocycles. The molecule has 1 aromatic carbocycles. The first-order valence-electron chi connectivity index (χ1n) is 11.0. The molecule has 0 unspecified atom stereocenters. The van der Waals surface area contributed by atoms with E-state index in [9.17, 15) is 4.79 Å². The molecular weight excluding hydrogens is 390 g/mol. The van der Waals surface area contributed by atoms with Crippen molar-refractivity contribution in [3.63, 3.8) is 0 Å². The number of fused-ring (bicyclic) bond motifs is 1. The van der Waals surface area contributed by atoms with Gasteiger partial charge in [-0.3, -0.25) is 9.69 Å². The first-order chi connectivity index (χ1) is 15.0. The minimum Gasteiger partial charge on any atom is -0.461 e. The van der Waals surface area contributed by atoms with Crippen molar-refractivity contribution in [2.45, 2.75) is 44.1 Å². The highest BCUT2D eigenvalue weighted by Crippen LogP contribution is 2.44. The lowest BCUT2D eigenvalue weighted by atomic mass is 9.72. The fraction of sp³-hybridized carbons (Fsp3) is 0.500. The molecule has 1 aromatic rings. The lowest BCUT2D eigenvalue weighted by Crippen LogP contribution is -2.56. The molecule has 0 aromatic heterocycles. The highest BCUT2D eigenvalue weighted by atomic mass is 16.7. The van der Waals surface area contributed by atoms with Gasteiger partial charge >= 0.3 is 5.97 Å². The summed E-state index contributed by atoms with van der Waals surface area (Å²) >= 11 is 0. The Labute approximate surface area is 186 Å². The Morgan fingerprint density at radius 2 is 1.97 bits per heavy atom. The molecule has 3 rings (SSSR count). The molecule has 1 aliphatic carbocycles. The number of hydrogen-bond donors (Lipinski definition) is 0. The van der Waals surface area contributed by atoms with E-state index in [1.165, 1.54) is 0 Å². The molecule has 1 aliphatic heterocycles. The van der Waals surface area contributed by atoms with Crippen LogP contribution in [0.25, 0.3) is 0 Å². The van der Waals surface area contributed by atoms with Gasteiger partial charge in [-0.15, -0.1) is 0 Å². The summed E-state index contributed by atoms with van der Waals surface area (Å²) < 4.78 is 17.2. The Hall–Kier alpha value is -2.21. The molecule has 0 bridgehead atoms. The third-order valence-corrected chi connectivity index (χ3v) is 6.73. The molecule has 0 amide bonds. The summed E-state index contributed by atoms with van der Waals surface area (Å²) in [5, 5.41) is 0. The zero-order valence-corrected chi connectivity index (χ0v) is 18.8. The predicted octanol–water partition coefficient (Wildman–Crippen LogP) is 4.51. The topological polar surface area (TPSA) is 48.0 Å². The Bertz CT molecular complexity index is 784. The summed E-state index contributed by atoms with van der Waals surface area (Å²) in [4.78, 5) is 15.4. The van der Waals surface area contributed by atoms with Crippen molar-refractivity contribution < 1.29 is 19.0 Å². The van der Waals surface area contributed by atoms with Crippen LogP contribution in [-0.4, -0.2) is 50.0 Å². The van der Waals surface area contributed by atoms with E-state index in [0.717, 1.165) is 43.4 Å². The number of carbonyl (C=O) groups excluding carboxylic acids is 1. The number of likely N-dealkylation sites (tertiary alicyclic amines) is 1. The summed E-state index contributed by atoms with van der Waals surface area (Å²) in [6.07, 6.45) is 9.01. The zero-order valence-electron chi connectivity index (χ0n) is 18.8. The number of ether oxygens (including phenoxy) is 3. The zero-order chi connectivity index (χ0) is 22.3. The summed E-state index contributed by atoms with van der Waals surface area (Å²) in [6.45, 7) is 9.48. The molecule has 31 heavy (non-hydrogen) atoms. The van der Waals surface area contributed by atoms with E-state index in [-0.39, 0.29) is 11.9 Å². The number of benzene rings is 1. The summed E-state index contributed by atoms with van der Waals surface area (Å²) in [5.41, 5.74) is 2.10. The van der Waals surface area contributed by atoms with Crippen LogP contribution in [0, 0.1) is 11.8 Å². The van der Waals surface area contributed by atoms with E-state index in [4.69, 9.17) is 14.2 Å². The number of piperidine rings is 1. The lowest BCUT2D eigenvalue weighted by molar-refractivity contribution is -0.243. The number of rotatable bonds is 9. The molecule has 2 fully saturated rings. The number of esters is 1. The van der Waals surface area contributed by atoms with Crippen molar-refractivity contribution in [1.29, 1.82) is 0 Å². The van der Waals surface area contributed by atoms with Crippen LogP contribution in [0.5, 0.6) is 0 Å². The van der Waals surface area contributed by atoms with Crippen LogP contribution in [0.3, 0.4) is 0 Å². The lowest BCUT2D eigenvalue weighted by Gasteiger charge is -2.51. The van der Waals surface area contributed by atoms with Gasteiger partial charge in [-0.2, -0.15) is 0 Å². The highest BCUT2D eigenvalue weighted by molar-refractivity contribution is 5.73. The van der Waals surface area contributed by atoms with Crippen LogP contribution in [0.4, 0.5) is 0 Å². The maximum Gasteiger partial charge on any atom is 0.310 e. The molecule has 1 heterocycles. The van der Waals surface area contributed by atoms with Crippen LogP contribution in [-0.2, 0) is 25.6 Å². The third-order valence-electron chi connectivity index (χ3n) is 6.73. The van der Waals surface area contributed by atoms with E-state index in [0.29, 0.717) is 25.1 Å². The minimum atomic E-state index is -0.569. The summed E-state index contributed by atoms with van der Waals surface area (Å²) in [6, 6.07) is 10.2.